The zero-order valence-electron chi connectivity index (χ0n) is 16.0. The number of anilines is 2. The van der Waals surface area contributed by atoms with Gasteiger partial charge in [-0.1, -0.05) is 60.7 Å². The number of rotatable bonds is 6. The Balaban J connectivity index is 1.52. The van der Waals surface area contributed by atoms with Gasteiger partial charge in [0, 0.05) is 23.9 Å². The van der Waals surface area contributed by atoms with E-state index in [0.29, 0.717) is 17.3 Å². The van der Waals surface area contributed by atoms with Crippen molar-refractivity contribution in [1.29, 1.82) is 0 Å². The molecule has 0 spiro atoms. The van der Waals surface area contributed by atoms with Gasteiger partial charge in [-0.2, -0.15) is 5.10 Å². The Morgan fingerprint density at radius 2 is 1.59 bits per heavy atom. The molecular formula is C23H21N5O. The van der Waals surface area contributed by atoms with E-state index >= 15 is 0 Å². The lowest BCUT2D eigenvalue weighted by molar-refractivity contribution is -0.114. The third kappa shape index (κ3) is 4.32. The highest BCUT2D eigenvalue weighted by molar-refractivity contribution is 5.97. The second-order valence-corrected chi connectivity index (χ2v) is 6.66. The second-order valence-electron chi connectivity index (χ2n) is 6.66. The van der Waals surface area contributed by atoms with Crippen molar-refractivity contribution in [3.05, 3.63) is 84.9 Å². The molecule has 0 saturated carbocycles. The van der Waals surface area contributed by atoms with Crippen LogP contribution in [-0.2, 0) is 4.79 Å². The van der Waals surface area contributed by atoms with Crippen LogP contribution in [0, 0.1) is 0 Å². The molecule has 29 heavy (non-hydrogen) atoms. The predicted octanol–water partition coefficient (Wildman–Crippen LogP) is 4.21. The summed E-state index contributed by atoms with van der Waals surface area (Å²) < 4.78 is 0. The molecule has 0 fully saturated rings. The van der Waals surface area contributed by atoms with Gasteiger partial charge in [0.25, 0.3) is 0 Å². The van der Waals surface area contributed by atoms with Crippen LogP contribution in [0.2, 0.25) is 0 Å². The minimum atomic E-state index is -0.105. The first-order chi connectivity index (χ1) is 14.2. The van der Waals surface area contributed by atoms with Gasteiger partial charge in [-0.15, -0.1) is 0 Å². The van der Waals surface area contributed by atoms with Crippen LogP contribution in [0.15, 0.2) is 84.9 Å². The third-order valence-electron chi connectivity index (χ3n) is 4.55. The van der Waals surface area contributed by atoms with E-state index in [9.17, 15) is 4.79 Å². The number of hydrogen-bond donors (Lipinski definition) is 2. The summed E-state index contributed by atoms with van der Waals surface area (Å²) in [6, 6.07) is 27.1. The summed E-state index contributed by atoms with van der Waals surface area (Å²) in [5.41, 5.74) is 3.40. The van der Waals surface area contributed by atoms with Crippen molar-refractivity contribution in [2.75, 3.05) is 23.8 Å². The molecule has 0 bridgehead atoms. The normalized spacial score (nSPS) is 10.5. The van der Waals surface area contributed by atoms with E-state index in [2.05, 4.69) is 20.5 Å². The highest BCUT2D eigenvalue weighted by Gasteiger charge is 2.14. The summed E-state index contributed by atoms with van der Waals surface area (Å²) >= 11 is 0. The smallest absolute Gasteiger partial charge is 0.243 e. The van der Waals surface area contributed by atoms with E-state index < -0.39 is 0 Å². The first kappa shape index (κ1) is 18.4. The molecule has 0 aliphatic heterocycles. The van der Waals surface area contributed by atoms with Crippen molar-refractivity contribution in [3.63, 3.8) is 0 Å². The average molecular weight is 383 g/mol. The van der Waals surface area contributed by atoms with E-state index in [-0.39, 0.29) is 12.5 Å². The van der Waals surface area contributed by atoms with Crippen LogP contribution in [0.1, 0.15) is 0 Å². The van der Waals surface area contributed by atoms with Gasteiger partial charge in [0.05, 0.1) is 12.2 Å². The Labute approximate surface area is 169 Å². The van der Waals surface area contributed by atoms with Crippen LogP contribution < -0.4 is 10.2 Å². The predicted molar refractivity (Wildman–Crippen MR) is 116 cm³/mol. The number of carbonyl (C=O) groups excluding carboxylic acids is 1. The molecule has 0 atom stereocenters. The lowest BCUT2D eigenvalue weighted by Crippen LogP contribution is -2.30. The number of carbonyl (C=O) groups is 1. The molecule has 4 aromatic rings. The average Bonchev–Trinajstić information content (AvgIpc) is 3.25. The van der Waals surface area contributed by atoms with Gasteiger partial charge in [0.2, 0.25) is 5.91 Å². The van der Waals surface area contributed by atoms with E-state index in [0.717, 1.165) is 16.8 Å². The second kappa shape index (κ2) is 8.39. The molecular weight excluding hydrogens is 362 g/mol. The summed E-state index contributed by atoms with van der Waals surface area (Å²) in [5, 5.41) is 10.3. The zero-order valence-corrected chi connectivity index (χ0v) is 16.0. The van der Waals surface area contributed by atoms with Crippen LogP contribution in [0.3, 0.4) is 0 Å². The van der Waals surface area contributed by atoms with Gasteiger partial charge >= 0.3 is 0 Å². The lowest BCUT2D eigenvalue weighted by Gasteiger charge is -2.19. The van der Waals surface area contributed by atoms with Crippen molar-refractivity contribution >= 4 is 17.3 Å². The Morgan fingerprint density at radius 1 is 0.931 bits per heavy atom. The Hall–Kier alpha value is -3.93. The van der Waals surface area contributed by atoms with Crippen LogP contribution in [-0.4, -0.2) is 34.7 Å². The van der Waals surface area contributed by atoms with Crippen molar-refractivity contribution in [2.45, 2.75) is 0 Å². The molecule has 0 unspecified atom stereocenters. The molecule has 6 nitrogen and oxygen atoms in total. The molecule has 1 aromatic heterocycles. The minimum absolute atomic E-state index is 0.105. The van der Waals surface area contributed by atoms with Crippen LogP contribution >= 0.6 is 0 Å². The Morgan fingerprint density at radius 3 is 2.34 bits per heavy atom. The maximum Gasteiger partial charge on any atom is 0.243 e. The van der Waals surface area contributed by atoms with Crippen molar-refractivity contribution in [2.24, 2.45) is 0 Å². The zero-order chi connectivity index (χ0) is 20.1. The molecule has 0 radical (unpaired) electrons. The van der Waals surface area contributed by atoms with E-state index in [1.807, 2.05) is 96.9 Å². The Bertz CT molecular complexity index is 1090. The van der Waals surface area contributed by atoms with Gasteiger partial charge in [-0.25, -0.2) is 4.98 Å². The number of aromatic nitrogens is 3. The first-order valence-corrected chi connectivity index (χ1v) is 9.34. The van der Waals surface area contributed by atoms with Crippen LogP contribution in [0.5, 0.6) is 0 Å². The van der Waals surface area contributed by atoms with E-state index in [1.54, 1.807) is 0 Å². The largest absolute Gasteiger partial charge is 0.365 e. The van der Waals surface area contributed by atoms with Gasteiger partial charge in [-0.05, 0) is 24.3 Å². The fraction of sp³-hybridized carbons (Fsp3) is 0.0870. The first-order valence-electron chi connectivity index (χ1n) is 9.34. The van der Waals surface area contributed by atoms with Crippen molar-refractivity contribution in [1.82, 2.24) is 15.2 Å². The number of aromatic amines is 1. The number of nitrogens with one attached hydrogen (secondary N) is 2. The molecule has 144 valence electrons. The quantitative estimate of drug-likeness (QED) is 0.523. The van der Waals surface area contributed by atoms with Crippen molar-refractivity contribution < 1.29 is 4.79 Å². The third-order valence-corrected chi connectivity index (χ3v) is 4.55. The number of likely N-dealkylation sites (N-methyl/N-ethyl adjacent to an activating group) is 1. The molecule has 6 heteroatoms. The molecule has 2 N–H and O–H groups in total. The molecule has 1 heterocycles. The summed E-state index contributed by atoms with van der Waals surface area (Å²) in [4.78, 5) is 19.1. The highest BCUT2D eigenvalue weighted by Crippen LogP contribution is 2.26. The molecule has 0 saturated heterocycles. The highest BCUT2D eigenvalue weighted by atomic mass is 16.2. The van der Waals surface area contributed by atoms with E-state index in [1.165, 1.54) is 0 Å². The minimum Gasteiger partial charge on any atom is -0.365 e. The molecule has 0 aliphatic carbocycles. The molecule has 4 rings (SSSR count). The summed E-state index contributed by atoms with van der Waals surface area (Å²) in [6.07, 6.45) is 0. The summed E-state index contributed by atoms with van der Waals surface area (Å²) in [7, 11) is 1.89. The maximum absolute atomic E-state index is 12.6. The standard InChI is InChI=1S/C23H21N5O/c1-28(18-12-6-3-7-13-18)16-21(29)24-20-15-9-8-14-19(20)23-25-22(26-27-23)17-10-4-2-5-11-17/h2-15H,16H2,1H3,(H,24,29)(H,25,26,27). The number of benzene rings is 3. The van der Waals surface area contributed by atoms with Crippen LogP contribution in [0.25, 0.3) is 22.8 Å². The number of para-hydroxylation sites is 2. The number of hydrogen-bond acceptors (Lipinski definition) is 4. The number of nitrogens with zero attached hydrogens (tertiary/aromatic N) is 3. The number of amides is 1. The molecule has 3 aromatic carbocycles. The summed E-state index contributed by atoms with van der Waals surface area (Å²) in [5.74, 6) is 1.12. The fourth-order valence-electron chi connectivity index (χ4n) is 3.08. The van der Waals surface area contributed by atoms with Gasteiger partial charge in [0.15, 0.2) is 11.6 Å². The monoisotopic (exact) mass is 383 g/mol. The fourth-order valence-corrected chi connectivity index (χ4v) is 3.08. The maximum atomic E-state index is 12.6. The van der Waals surface area contributed by atoms with Gasteiger partial charge in [0.1, 0.15) is 0 Å². The Kier molecular flexibility index (Phi) is 5.33. The van der Waals surface area contributed by atoms with E-state index in [4.69, 9.17) is 0 Å². The van der Waals surface area contributed by atoms with Gasteiger partial charge in [-0.3, -0.25) is 9.89 Å². The van der Waals surface area contributed by atoms with Crippen molar-refractivity contribution in [3.8, 4) is 22.8 Å². The van der Waals surface area contributed by atoms with Gasteiger partial charge < -0.3 is 10.2 Å². The number of H-pyrrole nitrogens is 1. The van der Waals surface area contributed by atoms with Crippen LogP contribution in [0.4, 0.5) is 11.4 Å². The topological polar surface area (TPSA) is 73.9 Å². The molecule has 1 amide bonds. The SMILES string of the molecule is CN(CC(=O)Nc1ccccc1-c1nc(-c2ccccc2)n[nH]1)c1ccccc1. The lowest BCUT2D eigenvalue weighted by atomic mass is 10.1. The molecule has 0 aliphatic rings. The summed E-state index contributed by atoms with van der Waals surface area (Å²) in [6.45, 7) is 0.240.